The molecule has 0 bridgehead atoms. The summed E-state index contributed by atoms with van der Waals surface area (Å²) in [4.78, 5) is 17.2. The molecule has 5 rings (SSSR count). The van der Waals surface area contributed by atoms with Crippen LogP contribution in [0.3, 0.4) is 0 Å². The first-order chi connectivity index (χ1) is 19.3. The zero-order valence-electron chi connectivity index (χ0n) is 24.0. The van der Waals surface area contributed by atoms with E-state index in [1.807, 2.05) is 6.92 Å². The van der Waals surface area contributed by atoms with Crippen molar-refractivity contribution in [2.75, 3.05) is 39.8 Å². The van der Waals surface area contributed by atoms with Crippen LogP contribution in [0.5, 0.6) is 5.75 Å². The maximum atomic E-state index is 13.8. The number of hydrogen-bond acceptors (Lipinski definition) is 4. The van der Waals surface area contributed by atoms with E-state index in [2.05, 4.69) is 56.7 Å². The minimum absolute atomic E-state index is 0.235. The predicted molar refractivity (Wildman–Crippen MR) is 166 cm³/mol. The van der Waals surface area contributed by atoms with E-state index in [1.165, 1.54) is 47.3 Å². The molecule has 3 fully saturated rings. The quantitative estimate of drug-likeness (QED) is 0.255. The van der Waals surface area contributed by atoms with Crippen molar-refractivity contribution in [2.45, 2.75) is 70.3 Å². The third kappa shape index (κ3) is 7.57. The van der Waals surface area contributed by atoms with Crippen LogP contribution in [-0.4, -0.2) is 66.8 Å². The van der Waals surface area contributed by atoms with E-state index in [0.717, 1.165) is 69.0 Å². The fourth-order valence-electron chi connectivity index (χ4n) is 7.14. The number of rotatable bonds is 12. The molecule has 218 valence electrons. The Labute approximate surface area is 252 Å². The largest absolute Gasteiger partial charge is 0.496 e. The highest BCUT2D eigenvalue weighted by atomic mass is 127. The van der Waals surface area contributed by atoms with Crippen LogP contribution in [0.15, 0.2) is 36.4 Å². The average molecular weight is 663 g/mol. The molecule has 3 atom stereocenters. The SMILES string of the molecule is COc1cc(F)cc(C)c1CCCC1CCN(C[C@H]2CN([C@H](CC3CC3)C(=O)O)C[C@@H]2c2cccc(I)c2)CC1. The second kappa shape index (κ2) is 13.5. The summed E-state index contributed by atoms with van der Waals surface area (Å²) in [5, 5.41) is 10.1. The molecule has 0 aromatic heterocycles. The van der Waals surface area contributed by atoms with Gasteiger partial charge in [-0.15, -0.1) is 0 Å². The Balaban J connectivity index is 1.16. The average Bonchev–Trinajstić information content (AvgIpc) is 3.66. The molecule has 1 saturated carbocycles. The summed E-state index contributed by atoms with van der Waals surface area (Å²) in [7, 11) is 1.62. The molecular weight excluding hydrogens is 618 g/mol. The van der Waals surface area contributed by atoms with Gasteiger partial charge in [0.05, 0.1) is 7.11 Å². The normalized spacial score (nSPS) is 23.4. The summed E-state index contributed by atoms with van der Waals surface area (Å²) in [6, 6.07) is 11.6. The fourth-order valence-corrected chi connectivity index (χ4v) is 7.70. The Morgan fingerprint density at radius 1 is 1.12 bits per heavy atom. The number of piperidine rings is 1. The third-order valence-electron chi connectivity index (χ3n) is 9.58. The van der Waals surface area contributed by atoms with Crippen molar-refractivity contribution in [3.8, 4) is 5.75 Å². The van der Waals surface area contributed by atoms with E-state index in [4.69, 9.17) is 4.74 Å². The van der Waals surface area contributed by atoms with Gasteiger partial charge in [0.2, 0.25) is 0 Å². The van der Waals surface area contributed by atoms with Gasteiger partial charge in [0, 0.05) is 35.2 Å². The van der Waals surface area contributed by atoms with Gasteiger partial charge in [-0.2, -0.15) is 0 Å². The standard InChI is InChI=1S/C33H44FIN2O3/c1-22-15-27(34)18-32(40-2)29(22)8-3-5-23-11-13-36(14-12-23)19-26-20-37(31(33(38)39)16-24-9-10-24)21-30(26)25-6-4-7-28(35)17-25/h4,6-7,15,17-18,23-24,26,30-31H,3,5,8-14,16,19-21H2,1-2H3,(H,38,39)/t26-,30+,31+/m0/s1. The molecule has 2 aliphatic heterocycles. The number of carbonyl (C=O) groups is 1. The van der Waals surface area contributed by atoms with E-state index in [9.17, 15) is 14.3 Å². The summed E-state index contributed by atoms with van der Waals surface area (Å²) < 4.78 is 20.5. The Morgan fingerprint density at radius 2 is 1.90 bits per heavy atom. The van der Waals surface area contributed by atoms with Crippen molar-refractivity contribution in [2.24, 2.45) is 17.8 Å². The molecule has 2 saturated heterocycles. The van der Waals surface area contributed by atoms with Crippen LogP contribution >= 0.6 is 22.6 Å². The first-order valence-corrected chi connectivity index (χ1v) is 16.2. The molecule has 40 heavy (non-hydrogen) atoms. The van der Waals surface area contributed by atoms with Crippen LogP contribution in [0.2, 0.25) is 0 Å². The Morgan fingerprint density at radius 3 is 2.58 bits per heavy atom. The second-order valence-corrected chi connectivity index (χ2v) is 13.7. The zero-order valence-corrected chi connectivity index (χ0v) is 26.1. The number of likely N-dealkylation sites (tertiary alicyclic amines) is 2. The Bertz CT molecular complexity index is 1160. The number of hydrogen-bond donors (Lipinski definition) is 1. The number of halogens is 2. The van der Waals surface area contributed by atoms with Crippen molar-refractivity contribution >= 4 is 28.6 Å². The molecule has 0 radical (unpaired) electrons. The molecule has 1 N–H and O–H groups in total. The Hall–Kier alpha value is -1.71. The number of aliphatic carboxylic acids is 1. The second-order valence-electron chi connectivity index (χ2n) is 12.4. The van der Waals surface area contributed by atoms with Gasteiger partial charge >= 0.3 is 5.97 Å². The molecular formula is C33H44FIN2O3. The summed E-state index contributed by atoms with van der Waals surface area (Å²) in [6.45, 7) is 6.96. The van der Waals surface area contributed by atoms with E-state index < -0.39 is 5.97 Å². The van der Waals surface area contributed by atoms with Gasteiger partial charge in [-0.1, -0.05) is 31.4 Å². The van der Waals surface area contributed by atoms with Crippen molar-refractivity contribution in [1.29, 1.82) is 0 Å². The first kappa shape index (κ1) is 29.8. The fraction of sp³-hybridized carbons (Fsp3) is 0.606. The van der Waals surface area contributed by atoms with Gasteiger partial charge in [-0.05, 0) is 127 Å². The van der Waals surface area contributed by atoms with Crippen LogP contribution in [0.1, 0.15) is 67.6 Å². The van der Waals surface area contributed by atoms with Crippen molar-refractivity contribution in [1.82, 2.24) is 9.80 Å². The number of nitrogens with zero attached hydrogens (tertiary/aromatic N) is 2. The molecule has 2 aromatic carbocycles. The molecule has 0 spiro atoms. The summed E-state index contributed by atoms with van der Waals surface area (Å²) in [5.74, 6) is 1.94. The topological polar surface area (TPSA) is 53.0 Å². The number of carboxylic acids is 1. The lowest BCUT2D eigenvalue weighted by Crippen LogP contribution is -2.41. The number of carboxylic acid groups (broad SMARTS) is 1. The third-order valence-corrected chi connectivity index (χ3v) is 10.3. The van der Waals surface area contributed by atoms with Gasteiger partial charge in [-0.25, -0.2) is 4.39 Å². The van der Waals surface area contributed by atoms with E-state index in [0.29, 0.717) is 23.5 Å². The molecule has 3 aliphatic rings. The van der Waals surface area contributed by atoms with Crippen LogP contribution in [0, 0.1) is 34.1 Å². The van der Waals surface area contributed by atoms with Crippen LogP contribution in [0.25, 0.3) is 0 Å². The number of ether oxygens (including phenoxy) is 1. The minimum Gasteiger partial charge on any atom is -0.496 e. The van der Waals surface area contributed by atoms with Gasteiger partial charge in [-0.3, -0.25) is 9.69 Å². The molecule has 1 aliphatic carbocycles. The molecule has 2 heterocycles. The maximum absolute atomic E-state index is 13.8. The molecule has 2 aromatic rings. The van der Waals surface area contributed by atoms with Crippen LogP contribution < -0.4 is 4.74 Å². The van der Waals surface area contributed by atoms with E-state index in [1.54, 1.807) is 13.2 Å². The summed E-state index contributed by atoms with van der Waals surface area (Å²) in [6.07, 6.45) is 8.81. The highest BCUT2D eigenvalue weighted by Crippen LogP contribution is 2.40. The molecule has 5 nitrogen and oxygen atoms in total. The smallest absolute Gasteiger partial charge is 0.320 e. The van der Waals surface area contributed by atoms with Gasteiger partial charge in [0.15, 0.2) is 0 Å². The summed E-state index contributed by atoms with van der Waals surface area (Å²) in [5.41, 5.74) is 3.47. The number of aryl methyl sites for hydroxylation is 1. The lowest BCUT2D eigenvalue weighted by molar-refractivity contribution is -0.143. The van der Waals surface area contributed by atoms with Gasteiger partial charge in [0.1, 0.15) is 17.6 Å². The van der Waals surface area contributed by atoms with Crippen LogP contribution in [0.4, 0.5) is 4.39 Å². The molecule has 7 heteroatoms. The monoisotopic (exact) mass is 662 g/mol. The number of benzene rings is 2. The molecule has 0 unspecified atom stereocenters. The summed E-state index contributed by atoms with van der Waals surface area (Å²) >= 11 is 2.39. The molecule has 0 amide bonds. The van der Waals surface area contributed by atoms with Crippen LogP contribution in [-0.2, 0) is 11.2 Å². The predicted octanol–water partition coefficient (Wildman–Crippen LogP) is 6.75. The van der Waals surface area contributed by atoms with Gasteiger partial charge < -0.3 is 14.7 Å². The van der Waals surface area contributed by atoms with E-state index in [-0.39, 0.29) is 11.9 Å². The zero-order chi connectivity index (χ0) is 28.2. The number of methoxy groups -OCH3 is 1. The Kier molecular flexibility index (Phi) is 10.1. The lowest BCUT2D eigenvalue weighted by Gasteiger charge is -2.35. The lowest BCUT2D eigenvalue weighted by atomic mass is 9.86. The minimum atomic E-state index is -0.650. The van der Waals surface area contributed by atoms with E-state index >= 15 is 0 Å². The van der Waals surface area contributed by atoms with Crippen molar-refractivity contribution in [3.63, 3.8) is 0 Å². The van der Waals surface area contributed by atoms with Crippen molar-refractivity contribution < 1.29 is 19.0 Å². The van der Waals surface area contributed by atoms with Gasteiger partial charge in [0.25, 0.3) is 0 Å². The first-order valence-electron chi connectivity index (χ1n) is 15.1. The maximum Gasteiger partial charge on any atom is 0.320 e. The highest BCUT2D eigenvalue weighted by Gasteiger charge is 2.42. The highest BCUT2D eigenvalue weighted by molar-refractivity contribution is 14.1. The van der Waals surface area contributed by atoms with Crippen molar-refractivity contribution in [3.05, 3.63) is 62.5 Å².